The number of pyridine rings is 1. The van der Waals surface area contributed by atoms with E-state index in [0.717, 1.165) is 21.8 Å². The van der Waals surface area contributed by atoms with Crippen LogP contribution in [0.2, 0.25) is 5.02 Å². The molecule has 120 valence electrons. The Bertz CT molecular complexity index is 1020. The lowest BCUT2D eigenvalue weighted by Crippen LogP contribution is -2.14. The lowest BCUT2D eigenvalue weighted by molar-refractivity contribution is 0.789. The summed E-state index contributed by atoms with van der Waals surface area (Å²) in [6.07, 6.45) is 1.60. The molecule has 3 aromatic heterocycles. The molecule has 1 aromatic carbocycles. The normalized spacial score (nSPS) is 11.2. The molecule has 0 aliphatic heterocycles. The number of nitrogens with one attached hydrogen (secondary N) is 2. The fourth-order valence-electron chi connectivity index (χ4n) is 2.32. The smallest absolute Gasteiger partial charge is 0.274 e. The minimum atomic E-state index is -0.159. The second-order valence-electron chi connectivity index (χ2n) is 5.14. The molecule has 0 spiro atoms. The molecule has 0 atom stereocenters. The van der Waals surface area contributed by atoms with Gasteiger partial charge in [-0.3, -0.25) is 9.89 Å². The summed E-state index contributed by atoms with van der Waals surface area (Å²) in [5, 5.41) is 4.52. The molecule has 0 saturated carbocycles. The summed E-state index contributed by atoms with van der Waals surface area (Å²) in [5.74, 6) is 1.07. The molecule has 6 nitrogen and oxygen atoms in total. The van der Waals surface area contributed by atoms with Crippen LogP contribution < -0.4 is 5.56 Å². The van der Waals surface area contributed by atoms with Gasteiger partial charge < -0.3 is 4.98 Å². The van der Waals surface area contributed by atoms with Crippen LogP contribution in [-0.2, 0) is 5.75 Å². The van der Waals surface area contributed by atoms with Crippen molar-refractivity contribution in [2.45, 2.75) is 10.8 Å². The summed E-state index contributed by atoms with van der Waals surface area (Å²) in [7, 11) is 0. The second kappa shape index (κ2) is 6.18. The van der Waals surface area contributed by atoms with E-state index in [1.165, 1.54) is 16.4 Å². The molecule has 24 heavy (non-hydrogen) atoms. The lowest BCUT2D eigenvalue weighted by atomic mass is 10.3. The number of para-hydroxylation sites is 2. The largest absolute Gasteiger partial charge is 0.322 e. The maximum Gasteiger partial charge on any atom is 0.274 e. The average Bonchev–Trinajstić information content (AvgIpc) is 3.17. The zero-order valence-corrected chi connectivity index (χ0v) is 13.9. The van der Waals surface area contributed by atoms with E-state index < -0.39 is 0 Å². The first kappa shape index (κ1) is 15.0. The maximum atomic E-state index is 12.2. The number of thioether (sulfide) groups is 1. The van der Waals surface area contributed by atoms with Gasteiger partial charge in [0.1, 0.15) is 0 Å². The molecule has 8 heteroatoms. The number of aromatic amines is 2. The molecular formula is C16H12ClN5OS. The van der Waals surface area contributed by atoms with Crippen molar-refractivity contribution in [3.05, 3.63) is 69.7 Å². The van der Waals surface area contributed by atoms with Crippen LogP contribution in [0.5, 0.6) is 0 Å². The number of aromatic nitrogens is 5. The standard InChI is InChI=1S/C16H12ClN5OS/c17-10-5-6-14(18-8-10)24-9-11-7-15(23)22(21-11)16-19-12-3-1-2-4-13(12)20-16/h1-8,21H,9H2,(H,19,20). The molecule has 0 fully saturated rings. The summed E-state index contributed by atoms with van der Waals surface area (Å²) in [4.78, 5) is 24.0. The van der Waals surface area contributed by atoms with Crippen molar-refractivity contribution in [3.8, 4) is 5.95 Å². The van der Waals surface area contributed by atoms with Crippen molar-refractivity contribution in [1.29, 1.82) is 0 Å². The van der Waals surface area contributed by atoms with Crippen molar-refractivity contribution in [2.24, 2.45) is 0 Å². The third-order valence-electron chi connectivity index (χ3n) is 3.44. The molecule has 0 amide bonds. The number of nitrogens with zero attached hydrogens (tertiary/aromatic N) is 3. The monoisotopic (exact) mass is 357 g/mol. The molecule has 0 unspecified atom stereocenters. The molecule has 4 rings (SSSR count). The van der Waals surface area contributed by atoms with Gasteiger partial charge in [0.25, 0.3) is 5.56 Å². The van der Waals surface area contributed by atoms with Gasteiger partial charge in [-0.05, 0) is 24.3 Å². The highest BCUT2D eigenvalue weighted by Gasteiger charge is 2.10. The van der Waals surface area contributed by atoms with Gasteiger partial charge >= 0.3 is 0 Å². The summed E-state index contributed by atoms with van der Waals surface area (Å²) >= 11 is 7.34. The fourth-order valence-corrected chi connectivity index (χ4v) is 3.17. The number of fused-ring (bicyclic) bond motifs is 1. The van der Waals surface area contributed by atoms with Crippen LogP contribution in [0, 0.1) is 0 Å². The Labute approximate surface area is 145 Å². The van der Waals surface area contributed by atoms with Crippen molar-refractivity contribution in [3.63, 3.8) is 0 Å². The quantitative estimate of drug-likeness (QED) is 0.549. The van der Waals surface area contributed by atoms with Gasteiger partial charge in [-0.25, -0.2) is 9.97 Å². The van der Waals surface area contributed by atoms with E-state index in [1.54, 1.807) is 18.3 Å². The molecule has 0 aliphatic rings. The van der Waals surface area contributed by atoms with E-state index in [-0.39, 0.29) is 5.56 Å². The predicted octanol–water partition coefficient (Wildman–Crippen LogP) is 3.38. The lowest BCUT2D eigenvalue weighted by Gasteiger charge is -1.99. The summed E-state index contributed by atoms with van der Waals surface area (Å²) in [5.41, 5.74) is 2.33. The molecule has 0 radical (unpaired) electrons. The van der Waals surface area contributed by atoms with E-state index in [1.807, 2.05) is 30.3 Å². The Kier molecular flexibility index (Phi) is 3.87. The third-order valence-corrected chi connectivity index (χ3v) is 4.65. The molecule has 3 heterocycles. The minimum absolute atomic E-state index is 0.159. The van der Waals surface area contributed by atoms with Crippen molar-refractivity contribution in [1.82, 2.24) is 24.7 Å². The van der Waals surface area contributed by atoms with Gasteiger partial charge in [0, 0.05) is 23.7 Å². The number of halogens is 1. The van der Waals surface area contributed by atoms with Gasteiger partial charge in [-0.1, -0.05) is 23.7 Å². The van der Waals surface area contributed by atoms with E-state index in [2.05, 4.69) is 20.1 Å². The number of benzene rings is 1. The maximum absolute atomic E-state index is 12.2. The highest BCUT2D eigenvalue weighted by atomic mass is 35.5. The van der Waals surface area contributed by atoms with E-state index >= 15 is 0 Å². The van der Waals surface area contributed by atoms with Crippen LogP contribution in [0.15, 0.2) is 58.5 Å². The van der Waals surface area contributed by atoms with E-state index in [9.17, 15) is 4.79 Å². The number of hydrogen-bond acceptors (Lipinski definition) is 4. The number of hydrogen-bond donors (Lipinski definition) is 2. The van der Waals surface area contributed by atoms with Crippen LogP contribution in [-0.4, -0.2) is 24.7 Å². The first-order valence-electron chi connectivity index (χ1n) is 7.19. The molecule has 0 bridgehead atoms. The number of imidazole rings is 1. The van der Waals surface area contributed by atoms with E-state index in [0.29, 0.717) is 16.7 Å². The average molecular weight is 358 g/mol. The molecule has 0 aliphatic carbocycles. The summed E-state index contributed by atoms with van der Waals surface area (Å²) < 4.78 is 1.41. The Morgan fingerprint density at radius 3 is 2.88 bits per heavy atom. The molecule has 2 N–H and O–H groups in total. The Morgan fingerprint density at radius 1 is 1.21 bits per heavy atom. The first-order chi connectivity index (χ1) is 11.7. The van der Waals surface area contributed by atoms with Crippen molar-refractivity contribution >= 4 is 34.4 Å². The molecule has 0 saturated heterocycles. The topological polar surface area (TPSA) is 79.4 Å². The zero-order valence-electron chi connectivity index (χ0n) is 12.4. The highest BCUT2D eigenvalue weighted by Crippen LogP contribution is 2.21. The first-order valence-corrected chi connectivity index (χ1v) is 8.56. The van der Waals surface area contributed by atoms with Crippen LogP contribution in [0.1, 0.15) is 5.69 Å². The summed E-state index contributed by atoms with van der Waals surface area (Å²) in [6, 6.07) is 12.8. The zero-order chi connectivity index (χ0) is 16.5. The fraction of sp³-hybridized carbons (Fsp3) is 0.0625. The summed E-state index contributed by atoms with van der Waals surface area (Å²) in [6.45, 7) is 0. The minimum Gasteiger partial charge on any atom is -0.322 e. The van der Waals surface area contributed by atoms with Gasteiger partial charge in [0.15, 0.2) is 0 Å². The SMILES string of the molecule is O=c1cc(CSc2ccc(Cl)cn2)[nH]n1-c1nc2ccccc2[nH]1. The Hall–Kier alpha value is -2.51. The van der Waals surface area contributed by atoms with Gasteiger partial charge in [0.05, 0.1) is 21.1 Å². The number of rotatable bonds is 4. The Morgan fingerprint density at radius 2 is 2.08 bits per heavy atom. The van der Waals surface area contributed by atoms with Crippen LogP contribution in [0.4, 0.5) is 0 Å². The number of H-pyrrole nitrogens is 2. The Balaban J connectivity index is 1.57. The predicted molar refractivity (Wildman–Crippen MR) is 94.8 cm³/mol. The molecule has 4 aromatic rings. The van der Waals surface area contributed by atoms with Gasteiger partial charge in [-0.15, -0.1) is 11.8 Å². The van der Waals surface area contributed by atoms with E-state index in [4.69, 9.17) is 11.6 Å². The van der Waals surface area contributed by atoms with Crippen molar-refractivity contribution in [2.75, 3.05) is 0 Å². The second-order valence-corrected chi connectivity index (χ2v) is 6.57. The molecular weight excluding hydrogens is 346 g/mol. The van der Waals surface area contributed by atoms with Crippen LogP contribution in [0.25, 0.3) is 17.0 Å². The third kappa shape index (κ3) is 2.95. The van der Waals surface area contributed by atoms with Crippen molar-refractivity contribution < 1.29 is 0 Å². The van der Waals surface area contributed by atoms with Crippen LogP contribution >= 0.6 is 23.4 Å². The van der Waals surface area contributed by atoms with Crippen LogP contribution in [0.3, 0.4) is 0 Å². The van der Waals surface area contributed by atoms with Gasteiger partial charge in [-0.2, -0.15) is 4.68 Å². The highest BCUT2D eigenvalue weighted by molar-refractivity contribution is 7.98. The van der Waals surface area contributed by atoms with Gasteiger partial charge in [0.2, 0.25) is 5.95 Å².